The smallest absolute Gasteiger partial charge is 0.346 e. The number of hydrogen-bond acceptors (Lipinski definition) is 5. The van der Waals surface area contributed by atoms with E-state index in [4.69, 9.17) is 10.5 Å². The van der Waals surface area contributed by atoms with Gasteiger partial charge in [0.1, 0.15) is 5.00 Å². The lowest BCUT2D eigenvalue weighted by Crippen LogP contribution is -2.09. The van der Waals surface area contributed by atoms with Gasteiger partial charge in [-0.05, 0) is 23.6 Å². The molecule has 4 nitrogen and oxygen atoms in total. The summed E-state index contributed by atoms with van der Waals surface area (Å²) >= 11 is 1.26. The molecule has 0 aliphatic rings. The third-order valence-electron chi connectivity index (χ3n) is 1.98. The highest BCUT2D eigenvalue weighted by molar-refractivity contribution is 7.14. The van der Waals surface area contributed by atoms with Crippen molar-refractivity contribution in [2.45, 2.75) is 0 Å². The van der Waals surface area contributed by atoms with E-state index < -0.39 is 5.97 Å². The number of phenolic OH excluding ortho intramolecular Hbond substituents is 1. The van der Waals surface area contributed by atoms with Crippen LogP contribution in [0, 0.1) is 0 Å². The van der Waals surface area contributed by atoms with E-state index in [1.165, 1.54) is 23.5 Å². The number of esters is 1. The van der Waals surface area contributed by atoms with Crippen LogP contribution in [0.15, 0.2) is 35.7 Å². The van der Waals surface area contributed by atoms with Gasteiger partial charge in [0.15, 0.2) is 11.5 Å². The van der Waals surface area contributed by atoms with Gasteiger partial charge < -0.3 is 15.6 Å². The number of aromatic hydroxyl groups is 1. The molecule has 1 heterocycles. The molecule has 0 amide bonds. The van der Waals surface area contributed by atoms with Crippen LogP contribution in [0.1, 0.15) is 10.4 Å². The first-order valence-corrected chi connectivity index (χ1v) is 5.39. The van der Waals surface area contributed by atoms with Gasteiger partial charge in [0.05, 0.1) is 5.56 Å². The third kappa shape index (κ3) is 1.99. The molecule has 0 unspecified atom stereocenters. The maximum Gasteiger partial charge on any atom is 0.346 e. The molecular weight excluding hydrogens is 226 g/mol. The zero-order valence-electron chi connectivity index (χ0n) is 8.21. The van der Waals surface area contributed by atoms with Gasteiger partial charge in [-0.25, -0.2) is 4.79 Å². The van der Waals surface area contributed by atoms with Crippen molar-refractivity contribution in [1.29, 1.82) is 0 Å². The lowest BCUT2D eigenvalue weighted by molar-refractivity contribution is 0.0731. The average molecular weight is 235 g/mol. The van der Waals surface area contributed by atoms with E-state index in [1.54, 1.807) is 23.6 Å². The Morgan fingerprint density at radius 1 is 1.31 bits per heavy atom. The highest BCUT2D eigenvalue weighted by Gasteiger charge is 2.14. The van der Waals surface area contributed by atoms with E-state index in [-0.39, 0.29) is 11.5 Å². The average Bonchev–Trinajstić information content (AvgIpc) is 2.68. The number of carbonyl (C=O) groups is 1. The molecule has 2 rings (SSSR count). The number of nitrogens with two attached hydrogens (primary N) is 1. The molecule has 1 aromatic carbocycles. The van der Waals surface area contributed by atoms with Crippen LogP contribution in [-0.2, 0) is 0 Å². The number of rotatable bonds is 2. The molecule has 0 aliphatic heterocycles. The molecule has 0 saturated carbocycles. The second-order valence-corrected chi connectivity index (χ2v) is 4.00. The summed E-state index contributed by atoms with van der Waals surface area (Å²) < 4.78 is 5.01. The molecule has 0 saturated heterocycles. The maximum atomic E-state index is 11.6. The predicted molar refractivity (Wildman–Crippen MR) is 61.8 cm³/mol. The summed E-state index contributed by atoms with van der Waals surface area (Å²) in [5.74, 6) is -0.525. The highest BCUT2D eigenvalue weighted by Crippen LogP contribution is 2.27. The first-order valence-electron chi connectivity index (χ1n) is 4.51. The number of anilines is 1. The van der Waals surface area contributed by atoms with Crippen molar-refractivity contribution in [1.82, 2.24) is 0 Å². The number of phenols is 1. The van der Waals surface area contributed by atoms with Crippen LogP contribution < -0.4 is 10.5 Å². The first kappa shape index (κ1) is 10.5. The van der Waals surface area contributed by atoms with Gasteiger partial charge in [0.25, 0.3) is 0 Å². The number of para-hydroxylation sites is 2. The minimum Gasteiger partial charge on any atom is -0.504 e. The summed E-state index contributed by atoms with van der Waals surface area (Å²) in [5, 5.41) is 11.5. The van der Waals surface area contributed by atoms with E-state index in [9.17, 15) is 9.90 Å². The van der Waals surface area contributed by atoms with E-state index in [1.807, 2.05) is 0 Å². The Labute approximate surface area is 95.9 Å². The van der Waals surface area contributed by atoms with E-state index in [0.29, 0.717) is 10.6 Å². The topological polar surface area (TPSA) is 72.6 Å². The number of thiophene rings is 1. The molecule has 0 atom stereocenters. The molecule has 0 spiro atoms. The van der Waals surface area contributed by atoms with Crippen LogP contribution >= 0.6 is 11.3 Å². The second kappa shape index (κ2) is 4.24. The molecule has 5 heteroatoms. The van der Waals surface area contributed by atoms with E-state index in [0.717, 1.165) is 0 Å². The Morgan fingerprint density at radius 3 is 2.69 bits per heavy atom. The minimum absolute atomic E-state index is 0.0790. The number of carbonyl (C=O) groups excluding carboxylic acids is 1. The van der Waals surface area contributed by atoms with Crippen molar-refractivity contribution in [3.8, 4) is 11.5 Å². The maximum absolute atomic E-state index is 11.6. The van der Waals surface area contributed by atoms with Crippen LogP contribution in [0.25, 0.3) is 0 Å². The summed E-state index contributed by atoms with van der Waals surface area (Å²) in [7, 11) is 0. The SMILES string of the molecule is Nc1sccc1C(=O)Oc1ccccc1O. The van der Waals surface area contributed by atoms with Crippen molar-refractivity contribution in [3.05, 3.63) is 41.3 Å². The zero-order chi connectivity index (χ0) is 11.5. The number of benzene rings is 1. The van der Waals surface area contributed by atoms with E-state index >= 15 is 0 Å². The van der Waals surface area contributed by atoms with Gasteiger partial charge in [0.2, 0.25) is 0 Å². The molecule has 16 heavy (non-hydrogen) atoms. The first-order chi connectivity index (χ1) is 7.68. The summed E-state index contributed by atoms with van der Waals surface area (Å²) in [4.78, 5) is 11.6. The lowest BCUT2D eigenvalue weighted by Gasteiger charge is -2.04. The molecule has 3 N–H and O–H groups in total. The molecule has 0 bridgehead atoms. The normalized spacial score (nSPS) is 10.0. The van der Waals surface area contributed by atoms with Gasteiger partial charge in [-0.2, -0.15) is 0 Å². The second-order valence-electron chi connectivity index (χ2n) is 3.06. The molecule has 0 radical (unpaired) electrons. The molecular formula is C11H9NO3S. The van der Waals surface area contributed by atoms with Gasteiger partial charge in [-0.1, -0.05) is 12.1 Å². The van der Waals surface area contributed by atoms with Gasteiger partial charge in [0, 0.05) is 0 Å². The molecule has 82 valence electrons. The fourth-order valence-electron chi connectivity index (χ4n) is 1.19. The van der Waals surface area contributed by atoms with Crippen molar-refractivity contribution in [2.75, 3.05) is 5.73 Å². The zero-order valence-corrected chi connectivity index (χ0v) is 9.03. The summed E-state index contributed by atoms with van der Waals surface area (Å²) in [6.07, 6.45) is 0. The summed E-state index contributed by atoms with van der Waals surface area (Å²) in [6.45, 7) is 0. The fourth-order valence-corrected chi connectivity index (χ4v) is 1.82. The standard InChI is InChI=1S/C11H9NO3S/c12-10-7(5-6-16-10)11(14)15-9-4-2-1-3-8(9)13/h1-6,13H,12H2. The quantitative estimate of drug-likeness (QED) is 0.618. The van der Waals surface area contributed by atoms with Gasteiger partial charge >= 0.3 is 5.97 Å². The molecule has 0 aliphatic carbocycles. The Balaban J connectivity index is 2.21. The monoisotopic (exact) mass is 235 g/mol. The Kier molecular flexibility index (Phi) is 2.78. The van der Waals surface area contributed by atoms with Crippen molar-refractivity contribution in [2.24, 2.45) is 0 Å². The van der Waals surface area contributed by atoms with Crippen LogP contribution in [0.2, 0.25) is 0 Å². The Bertz CT molecular complexity index is 521. The van der Waals surface area contributed by atoms with Crippen LogP contribution in [0.4, 0.5) is 5.00 Å². The highest BCUT2D eigenvalue weighted by atomic mass is 32.1. The number of ether oxygens (including phenoxy) is 1. The predicted octanol–water partition coefficient (Wildman–Crippen LogP) is 2.26. The molecule has 0 fully saturated rings. The third-order valence-corrected chi connectivity index (χ3v) is 2.73. The molecule has 2 aromatic rings. The Morgan fingerprint density at radius 2 is 2.06 bits per heavy atom. The number of nitrogen functional groups attached to an aromatic ring is 1. The minimum atomic E-state index is -0.569. The lowest BCUT2D eigenvalue weighted by atomic mass is 10.3. The fraction of sp³-hybridized carbons (Fsp3) is 0. The molecule has 1 aromatic heterocycles. The van der Waals surface area contributed by atoms with E-state index in [2.05, 4.69) is 0 Å². The van der Waals surface area contributed by atoms with Crippen LogP contribution in [0.5, 0.6) is 11.5 Å². The summed E-state index contributed by atoms with van der Waals surface area (Å²) in [6, 6.07) is 7.85. The number of hydrogen-bond donors (Lipinski definition) is 2. The van der Waals surface area contributed by atoms with Crippen molar-refractivity contribution < 1.29 is 14.6 Å². The summed E-state index contributed by atoms with van der Waals surface area (Å²) in [5.41, 5.74) is 5.90. The van der Waals surface area contributed by atoms with Crippen LogP contribution in [-0.4, -0.2) is 11.1 Å². The Hall–Kier alpha value is -2.01. The van der Waals surface area contributed by atoms with Gasteiger partial charge in [-0.15, -0.1) is 11.3 Å². The largest absolute Gasteiger partial charge is 0.504 e. The van der Waals surface area contributed by atoms with Crippen molar-refractivity contribution >= 4 is 22.3 Å². The van der Waals surface area contributed by atoms with Gasteiger partial charge in [-0.3, -0.25) is 0 Å². The van der Waals surface area contributed by atoms with Crippen LogP contribution in [0.3, 0.4) is 0 Å². The van der Waals surface area contributed by atoms with Crippen molar-refractivity contribution in [3.63, 3.8) is 0 Å².